The predicted molar refractivity (Wildman–Crippen MR) is 70.0 cm³/mol. The number of benzene rings is 1. The van der Waals surface area contributed by atoms with Gasteiger partial charge < -0.3 is 14.6 Å². The lowest BCUT2D eigenvalue weighted by molar-refractivity contribution is -0.0326. The van der Waals surface area contributed by atoms with Crippen molar-refractivity contribution >= 4 is 0 Å². The highest BCUT2D eigenvalue weighted by Gasteiger charge is 2.19. The molecule has 0 spiro atoms. The molecule has 0 aliphatic carbocycles. The Labute approximate surface area is 108 Å². The molecule has 1 aliphatic heterocycles. The van der Waals surface area contributed by atoms with Crippen LogP contribution in [0.1, 0.15) is 18.9 Å². The maximum atomic E-state index is 9.94. The molecule has 1 unspecified atom stereocenters. The first-order chi connectivity index (χ1) is 8.72. The number of phenols is 1. The first-order valence-corrected chi connectivity index (χ1v) is 6.42. The highest BCUT2D eigenvalue weighted by molar-refractivity contribution is 5.39. The van der Waals surface area contributed by atoms with Gasteiger partial charge in [0, 0.05) is 31.3 Å². The molecule has 2 rings (SSSR count). The van der Waals surface area contributed by atoms with Crippen molar-refractivity contribution in [2.24, 2.45) is 0 Å². The monoisotopic (exact) mass is 251 g/mol. The van der Waals surface area contributed by atoms with Gasteiger partial charge in [-0.15, -0.1) is 0 Å². The Kier molecular flexibility index (Phi) is 4.44. The Morgan fingerprint density at radius 2 is 2.33 bits per heavy atom. The van der Waals surface area contributed by atoms with Crippen molar-refractivity contribution in [1.82, 2.24) is 4.90 Å². The highest BCUT2D eigenvalue weighted by atomic mass is 16.5. The van der Waals surface area contributed by atoms with Crippen LogP contribution in [-0.4, -0.2) is 42.9 Å². The summed E-state index contributed by atoms with van der Waals surface area (Å²) in [5.41, 5.74) is 0.938. The second-order valence-electron chi connectivity index (χ2n) is 4.63. The summed E-state index contributed by atoms with van der Waals surface area (Å²) in [6.45, 7) is 5.52. The molecule has 0 bridgehead atoms. The molecule has 4 heteroatoms. The Balaban J connectivity index is 2.00. The Bertz CT molecular complexity index is 395. The van der Waals surface area contributed by atoms with E-state index in [2.05, 4.69) is 11.8 Å². The van der Waals surface area contributed by atoms with Crippen molar-refractivity contribution in [2.45, 2.75) is 26.0 Å². The second kappa shape index (κ2) is 6.07. The molecule has 0 radical (unpaired) electrons. The van der Waals surface area contributed by atoms with Crippen LogP contribution in [0.4, 0.5) is 0 Å². The fourth-order valence-corrected chi connectivity index (χ4v) is 2.22. The van der Waals surface area contributed by atoms with Crippen LogP contribution in [0.15, 0.2) is 18.2 Å². The molecule has 1 atom stereocenters. The summed E-state index contributed by atoms with van der Waals surface area (Å²) in [4.78, 5) is 2.32. The third-order valence-electron chi connectivity index (χ3n) is 3.36. The van der Waals surface area contributed by atoms with Crippen LogP contribution in [0.3, 0.4) is 0 Å². The Morgan fingerprint density at radius 3 is 3.00 bits per heavy atom. The minimum Gasteiger partial charge on any atom is -0.507 e. The number of hydrogen-bond donors (Lipinski definition) is 1. The maximum Gasteiger partial charge on any atom is 0.123 e. The van der Waals surface area contributed by atoms with E-state index in [1.807, 2.05) is 12.1 Å². The smallest absolute Gasteiger partial charge is 0.123 e. The summed E-state index contributed by atoms with van der Waals surface area (Å²) in [6, 6.07) is 5.46. The SMILES string of the molecule is CCC1CN(Cc2ccc(OC)cc2O)CCO1. The standard InChI is InChI=1S/C14H21NO3/c1-3-12-10-15(6-7-18-12)9-11-4-5-13(17-2)8-14(11)16/h4-5,8,12,16H,3,6-7,9-10H2,1-2H3. The van der Waals surface area contributed by atoms with Gasteiger partial charge in [-0.05, 0) is 12.5 Å². The number of morpholine rings is 1. The van der Waals surface area contributed by atoms with Gasteiger partial charge in [-0.2, -0.15) is 0 Å². The Morgan fingerprint density at radius 1 is 1.50 bits per heavy atom. The van der Waals surface area contributed by atoms with Crippen LogP contribution in [0.5, 0.6) is 11.5 Å². The predicted octanol–water partition coefficient (Wildman–Crippen LogP) is 2.01. The zero-order valence-corrected chi connectivity index (χ0v) is 11.1. The van der Waals surface area contributed by atoms with E-state index in [1.165, 1.54) is 0 Å². The van der Waals surface area contributed by atoms with E-state index in [0.717, 1.165) is 38.2 Å². The summed E-state index contributed by atoms with van der Waals surface area (Å²) < 4.78 is 10.7. The first-order valence-electron chi connectivity index (χ1n) is 6.42. The van der Waals surface area contributed by atoms with E-state index < -0.39 is 0 Å². The molecule has 0 aromatic heterocycles. The average molecular weight is 251 g/mol. The highest BCUT2D eigenvalue weighted by Crippen LogP contribution is 2.25. The largest absolute Gasteiger partial charge is 0.507 e. The number of nitrogens with zero attached hydrogens (tertiary/aromatic N) is 1. The summed E-state index contributed by atoms with van der Waals surface area (Å²) in [7, 11) is 1.60. The molecule has 0 amide bonds. The molecular formula is C14H21NO3. The number of methoxy groups -OCH3 is 1. The second-order valence-corrected chi connectivity index (χ2v) is 4.63. The van der Waals surface area contributed by atoms with Crippen molar-refractivity contribution in [1.29, 1.82) is 0 Å². The molecule has 1 aliphatic rings. The maximum absolute atomic E-state index is 9.94. The molecule has 18 heavy (non-hydrogen) atoms. The van der Waals surface area contributed by atoms with Gasteiger partial charge in [0.05, 0.1) is 19.8 Å². The van der Waals surface area contributed by atoms with Crippen LogP contribution < -0.4 is 4.74 Å². The lowest BCUT2D eigenvalue weighted by Gasteiger charge is -2.32. The van der Waals surface area contributed by atoms with Crippen LogP contribution in [0.25, 0.3) is 0 Å². The van der Waals surface area contributed by atoms with Crippen LogP contribution in [-0.2, 0) is 11.3 Å². The summed E-state index contributed by atoms with van der Waals surface area (Å²) >= 11 is 0. The third-order valence-corrected chi connectivity index (χ3v) is 3.36. The summed E-state index contributed by atoms with van der Waals surface area (Å²) in [5.74, 6) is 0.985. The lowest BCUT2D eigenvalue weighted by atomic mass is 10.1. The van der Waals surface area contributed by atoms with Crippen molar-refractivity contribution in [2.75, 3.05) is 26.8 Å². The van der Waals surface area contributed by atoms with Crippen molar-refractivity contribution in [3.63, 3.8) is 0 Å². The number of hydrogen-bond acceptors (Lipinski definition) is 4. The van der Waals surface area contributed by atoms with E-state index in [1.54, 1.807) is 13.2 Å². The van der Waals surface area contributed by atoms with Gasteiger partial charge in [0.25, 0.3) is 0 Å². The van der Waals surface area contributed by atoms with Gasteiger partial charge >= 0.3 is 0 Å². The molecule has 1 heterocycles. The van der Waals surface area contributed by atoms with Gasteiger partial charge in [0.15, 0.2) is 0 Å². The number of rotatable bonds is 4. The Hall–Kier alpha value is -1.26. The van der Waals surface area contributed by atoms with Crippen LogP contribution >= 0.6 is 0 Å². The molecule has 100 valence electrons. The molecule has 0 saturated carbocycles. The van der Waals surface area contributed by atoms with E-state index in [0.29, 0.717) is 17.6 Å². The van der Waals surface area contributed by atoms with Crippen molar-refractivity contribution in [3.05, 3.63) is 23.8 Å². The molecule has 1 aromatic carbocycles. The van der Waals surface area contributed by atoms with Gasteiger partial charge in [0.2, 0.25) is 0 Å². The molecule has 1 aromatic rings. The molecular weight excluding hydrogens is 230 g/mol. The molecule has 1 saturated heterocycles. The number of aromatic hydroxyl groups is 1. The zero-order chi connectivity index (χ0) is 13.0. The van der Waals surface area contributed by atoms with E-state index in [9.17, 15) is 5.11 Å². The van der Waals surface area contributed by atoms with Crippen molar-refractivity contribution < 1.29 is 14.6 Å². The third kappa shape index (κ3) is 3.15. The van der Waals surface area contributed by atoms with Gasteiger partial charge in [0.1, 0.15) is 11.5 Å². The number of ether oxygens (including phenoxy) is 2. The van der Waals surface area contributed by atoms with Gasteiger partial charge in [-0.3, -0.25) is 4.90 Å². The first kappa shape index (κ1) is 13.2. The molecule has 1 N–H and O–H groups in total. The van der Waals surface area contributed by atoms with Crippen molar-refractivity contribution in [3.8, 4) is 11.5 Å². The minimum absolute atomic E-state index is 0.300. The van der Waals surface area contributed by atoms with Gasteiger partial charge in [-0.25, -0.2) is 0 Å². The van der Waals surface area contributed by atoms with E-state index in [-0.39, 0.29) is 0 Å². The van der Waals surface area contributed by atoms with Crippen LogP contribution in [0.2, 0.25) is 0 Å². The fourth-order valence-electron chi connectivity index (χ4n) is 2.22. The minimum atomic E-state index is 0.300. The normalized spacial score (nSPS) is 20.9. The molecule has 1 fully saturated rings. The summed E-state index contributed by atoms with van der Waals surface area (Å²) in [6.07, 6.45) is 1.35. The van der Waals surface area contributed by atoms with Crippen LogP contribution in [0, 0.1) is 0 Å². The average Bonchev–Trinajstić information content (AvgIpc) is 2.41. The summed E-state index contributed by atoms with van der Waals surface area (Å²) in [5, 5.41) is 9.94. The topological polar surface area (TPSA) is 41.9 Å². The lowest BCUT2D eigenvalue weighted by Crippen LogP contribution is -2.41. The zero-order valence-electron chi connectivity index (χ0n) is 11.1. The quantitative estimate of drug-likeness (QED) is 0.889. The fraction of sp³-hybridized carbons (Fsp3) is 0.571. The van der Waals surface area contributed by atoms with E-state index in [4.69, 9.17) is 9.47 Å². The number of phenolic OH excluding ortho intramolecular Hbond substituents is 1. The van der Waals surface area contributed by atoms with Gasteiger partial charge in [-0.1, -0.05) is 13.0 Å². The van der Waals surface area contributed by atoms with E-state index >= 15 is 0 Å². The molecule has 4 nitrogen and oxygen atoms in total.